The van der Waals surface area contributed by atoms with E-state index in [1.54, 1.807) is 0 Å². The number of nitrogens with two attached hydrogens (primary N) is 2. The van der Waals surface area contributed by atoms with Crippen LogP contribution in [0, 0.1) is 0 Å². The topological polar surface area (TPSA) is 213 Å². The minimum absolute atomic E-state index is 0. The third-order valence-electron chi connectivity index (χ3n) is 1.78. The molecule has 0 radical (unpaired) electrons. The van der Waals surface area contributed by atoms with Gasteiger partial charge in [0, 0.05) is 44.3 Å². The van der Waals surface area contributed by atoms with Crippen LogP contribution < -0.4 is 31.9 Å². The Balaban J connectivity index is -0.0000000695. The number of carbonyl (C=O) groups excluding carboxylic acids is 4. The van der Waals surface area contributed by atoms with E-state index in [0.29, 0.717) is 0 Å². The third kappa shape index (κ3) is 131. The second kappa shape index (κ2) is 22.5. The average Bonchev–Trinajstić information content (AvgIpc) is 2.24. The van der Waals surface area contributed by atoms with E-state index in [9.17, 15) is 0 Å². The average molecular weight is 457 g/mol. The number of carboxylic acids is 4. The Morgan fingerprint density at radius 1 is 0.640 bits per heavy atom. The SMILES string of the molecule is CC(=O)[O-].CC(=O)[O-].CC(=O)[O-].CC(=O)[O-].NC1(N)CCCCC1.[Pd]. The predicted octanol–water partition coefficient (Wildman–Crippen LogP) is -4.41. The van der Waals surface area contributed by atoms with E-state index in [0.717, 1.165) is 40.5 Å². The van der Waals surface area contributed by atoms with Gasteiger partial charge in [0.1, 0.15) is 0 Å². The number of carbonyl (C=O) groups is 4. The molecule has 0 aromatic carbocycles. The second-order valence-electron chi connectivity index (χ2n) is 4.76. The fourth-order valence-corrected chi connectivity index (χ4v) is 1.21. The van der Waals surface area contributed by atoms with Crippen molar-refractivity contribution < 1.29 is 60.0 Å². The molecule has 1 aliphatic carbocycles. The molecule has 0 aromatic rings. The van der Waals surface area contributed by atoms with Gasteiger partial charge in [-0.05, 0) is 40.5 Å². The first-order valence-electron chi connectivity index (χ1n) is 6.92. The van der Waals surface area contributed by atoms with Crippen LogP contribution >= 0.6 is 0 Å². The summed E-state index contributed by atoms with van der Waals surface area (Å²) in [7, 11) is 0. The van der Waals surface area contributed by atoms with Gasteiger partial charge in [-0.25, -0.2) is 0 Å². The molecule has 0 bridgehead atoms. The van der Waals surface area contributed by atoms with Crippen LogP contribution in [0.5, 0.6) is 0 Å². The van der Waals surface area contributed by atoms with Crippen LogP contribution in [0.3, 0.4) is 0 Å². The zero-order chi connectivity index (χ0) is 20.3. The molecule has 0 unspecified atom stereocenters. The van der Waals surface area contributed by atoms with Gasteiger partial charge >= 0.3 is 0 Å². The largest absolute Gasteiger partial charge is 0.550 e. The van der Waals surface area contributed by atoms with Crippen molar-refractivity contribution in [1.29, 1.82) is 0 Å². The van der Waals surface area contributed by atoms with E-state index in [1.807, 2.05) is 0 Å². The number of rotatable bonds is 0. The van der Waals surface area contributed by atoms with Gasteiger partial charge in [-0.1, -0.05) is 19.3 Å². The summed E-state index contributed by atoms with van der Waals surface area (Å²) < 4.78 is 0. The van der Waals surface area contributed by atoms with Gasteiger partial charge in [0.25, 0.3) is 0 Å². The molecule has 1 fully saturated rings. The number of carboxylic acid groups (broad SMARTS) is 4. The van der Waals surface area contributed by atoms with Crippen LogP contribution in [0.2, 0.25) is 0 Å². The second-order valence-corrected chi connectivity index (χ2v) is 4.76. The summed E-state index contributed by atoms with van der Waals surface area (Å²) in [5, 5.41) is 35.6. The summed E-state index contributed by atoms with van der Waals surface area (Å²) >= 11 is 0. The number of hydrogen-bond acceptors (Lipinski definition) is 10. The maximum atomic E-state index is 8.89. The van der Waals surface area contributed by atoms with Crippen LogP contribution in [0.15, 0.2) is 0 Å². The Kier molecular flexibility index (Phi) is 31.2. The molecule has 0 atom stereocenters. The van der Waals surface area contributed by atoms with E-state index in [-0.39, 0.29) is 26.1 Å². The van der Waals surface area contributed by atoms with E-state index in [4.69, 9.17) is 51.1 Å². The Morgan fingerprint density at radius 3 is 0.880 bits per heavy atom. The van der Waals surface area contributed by atoms with Gasteiger partial charge in [0.15, 0.2) is 0 Å². The first-order valence-corrected chi connectivity index (χ1v) is 6.92. The normalized spacial score (nSPS) is 12.9. The van der Waals surface area contributed by atoms with Crippen molar-refractivity contribution in [3.8, 4) is 0 Å². The quantitative estimate of drug-likeness (QED) is 0.263. The first-order chi connectivity index (χ1) is 10.6. The first kappa shape index (κ1) is 34.7. The molecule has 0 spiro atoms. The summed E-state index contributed by atoms with van der Waals surface area (Å²) in [6, 6.07) is 0. The minimum Gasteiger partial charge on any atom is -0.550 e. The number of hydrogen-bond donors (Lipinski definition) is 2. The Bertz CT molecular complexity index is 304. The summed E-state index contributed by atoms with van der Waals surface area (Å²) in [4.78, 5) is 35.6. The minimum atomic E-state index is -1.08. The maximum Gasteiger partial charge on any atom is 0.0636 e. The molecule has 10 nitrogen and oxygen atoms in total. The molecule has 1 rings (SSSR count). The van der Waals surface area contributed by atoms with Crippen molar-refractivity contribution >= 4 is 23.9 Å². The molecule has 0 heterocycles. The fraction of sp³-hybridized carbons (Fsp3) is 0.714. The summed E-state index contributed by atoms with van der Waals surface area (Å²) in [5.41, 5.74) is 11.0. The maximum absolute atomic E-state index is 8.89. The monoisotopic (exact) mass is 456 g/mol. The molecule has 4 N–H and O–H groups in total. The summed E-state index contributed by atoms with van der Waals surface area (Å²) in [6.45, 7) is 3.89. The fourth-order valence-electron chi connectivity index (χ4n) is 1.21. The van der Waals surface area contributed by atoms with Crippen molar-refractivity contribution in [3.05, 3.63) is 0 Å². The summed E-state index contributed by atoms with van der Waals surface area (Å²) in [5.74, 6) is -4.33. The number of aliphatic carboxylic acids is 4. The molecule has 0 aliphatic heterocycles. The smallest absolute Gasteiger partial charge is 0.0636 e. The molecule has 0 amide bonds. The van der Waals surface area contributed by atoms with Crippen molar-refractivity contribution in [2.45, 2.75) is 65.5 Å². The van der Waals surface area contributed by atoms with Crippen LogP contribution in [-0.4, -0.2) is 29.5 Å². The van der Waals surface area contributed by atoms with Crippen molar-refractivity contribution in [2.75, 3.05) is 0 Å². The van der Waals surface area contributed by atoms with Gasteiger partial charge < -0.3 is 51.1 Å². The van der Waals surface area contributed by atoms with E-state index in [1.165, 1.54) is 19.3 Å². The molecule has 154 valence electrons. The molecule has 1 aliphatic rings. The van der Waals surface area contributed by atoms with E-state index in [2.05, 4.69) is 0 Å². The van der Waals surface area contributed by atoms with Crippen LogP contribution in [0.25, 0.3) is 0 Å². The van der Waals surface area contributed by atoms with Gasteiger partial charge in [0.2, 0.25) is 0 Å². The van der Waals surface area contributed by atoms with Gasteiger partial charge in [-0.3, -0.25) is 0 Å². The zero-order valence-electron chi connectivity index (χ0n) is 14.8. The standard InChI is InChI=1S/C6H14N2.4C2H4O2.Pd/c7-6(8)4-2-1-3-5-6;4*1-2(3)4;/h1-5,7-8H2;4*1H3,(H,3,4);/p-4. The van der Waals surface area contributed by atoms with Crippen LogP contribution in [-0.2, 0) is 39.6 Å². The van der Waals surface area contributed by atoms with Crippen molar-refractivity contribution in [2.24, 2.45) is 11.5 Å². The Hall–Kier alpha value is -1.54. The summed E-state index contributed by atoms with van der Waals surface area (Å²) in [6.07, 6.45) is 5.76. The molecule has 0 aromatic heterocycles. The molecular formula is C14H26N2O8Pd-4. The van der Waals surface area contributed by atoms with Gasteiger partial charge in [-0.15, -0.1) is 0 Å². The predicted molar refractivity (Wildman–Crippen MR) is 76.9 cm³/mol. The molecular weight excluding hydrogens is 431 g/mol. The van der Waals surface area contributed by atoms with Gasteiger partial charge in [0.05, 0.1) is 5.66 Å². The Morgan fingerprint density at radius 2 is 0.800 bits per heavy atom. The third-order valence-corrected chi connectivity index (χ3v) is 1.78. The molecule has 11 heteroatoms. The van der Waals surface area contributed by atoms with E-state index >= 15 is 0 Å². The van der Waals surface area contributed by atoms with Gasteiger partial charge in [-0.2, -0.15) is 0 Å². The van der Waals surface area contributed by atoms with Crippen molar-refractivity contribution in [1.82, 2.24) is 0 Å². The van der Waals surface area contributed by atoms with Crippen LogP contribution in [0.1, 0.15) is 59.8 Å². The molecule has 0 saturated heterocycles. The molecule has 1 saturated carbocycles. The molecule has 25 heavy (non-hydrogen) atoms. The zero-order valence-corrected chi connectivity index (χ0v) is 16.3. The van der Waals surface area contributed by atoms with E-state index < -0.39 is 23.9 Å². The Labute approximate surface area is 161 Å². The van der Waals surface area contributed by atoms with Crippen LogP contribution in [0.4, 0.5) is 0 Å². The van der Waals surface area contributed by atoms with Crippen molar-refractivity contribution in [3.63, 3.8) is 0 Å².